The highest BCUT2D eigenvalue weighted by Crippen LogP contribution is 2.38. The van der Waals surface area contributed by atoms with E-state index in [0.717, 1.165) is 12.3 Å². The zero-order chi connectivity index (χ0) is 13.2. The topological polar surface area (TPSA) is 42.1 Å². The second kappa shape index (κ2) is 5.68. The molecule has 1 heterocycles. The van der Waals surface area contributed by atoms with E-state index >= 15 is 0 Å². The quantitative estimate of drug-likeness (QED) is 0.911. The fraction of sp³-hybridized carbons (Fsp3) is 0.786. The van der Waals surface area contributed by atoms with Crippen LogP contribution in [0.25, 0.3) is 0 Å². The van der Waals surface area contributed by atoms with Crippen molar-refractivity contribution in [3.8, 4) is 0 Å². The Balaban J connectivity index is 2.09. The molecule has 1 aliphatic rings. The van der Waals surface area contributed by atoms with Gasteiger partial charge in [0.05, 0.1) is 5.51 Å². The smallest absolute Gasteiger partial charge is 0.0794 e. The highest BCUT2D eigenvalue weighted by molar-refractivity contribution is 7.09. The van der Waals surface area contributed by atoms with Gasteiger partial charge >= 0.3 is 0 Å². The van der Waals surface area contributed by atoms with Crippen molar-refractivity contribution >= 4 is 11.3 Å². The van der Waals surface area contributed by atoms with Gasteiger partial charge in [-0.2, -0.15) is 0 Å². The van der Waals surface area contributed by atoms with E-state index in [0.29, 0.717) is 0 Å². The standard InChI is InChI=1S/C14H25N3S/c1-11-4-6-14(7-5-11,17(2)3)13(15)8-12-9-16-10-18-12/h9-11,13H,4-8,15H2,1-3H3. The fourth-order valence-corrected chi connectivity index (χ4v) is 3.82. The van der Waals surface area contributed by atoms with Crippen LogP contribution in [-0.4, -0.2) is 35.6 Å². The largest absolute Gasteiger partial charge is 0.326 e. The highest BCUT2D eigenvalue weighted by atomic mass is 32.1. The van der Waals surface area contributed by atoms with Crippen LogP contribution >= 0.6 is 11.3 Å². The normalized spacial score (nSPS) is 30.6. The lowest BCUT2D eigenvalue weighted by molar-refractivity contribution is 0.0570. The molecule has 2 rings (SSSR count). The Bertz CT molecular complexity index is 353. The average molecular weight is 267 g/mol. The maximum absolute atomic E-state index is 6.56. The van der Waals surface area contributed by atoms with Crippen molar-refractivity contribution in [3.63, 3.8) is 0 Å². The highest BCUT2D eigenvalue weighted by Gasteiger charge is 2.41. The monoisotopic (exact) mass is 267 g/mol. The number of hydrogen-bond acceptors (Lipinski definition) is 4. The lowest BCUT2D eigenvalue weighted by atomic mass is 9.71. The van der Waals surface area contributed by atoms with E-state index in [2.05, 4.69) is 30.9 Å². The summed E-state index contributed by atoms with van der Waals surface area (Å²) < 4.78 is 0. The van der Waals surface area contributed by atoms with Gasteiger partial charge in [-0.05, 0) is 45.7 Å². The number of likely N-dealkylation sites (N-methyl/N-ethyl adjacent to an activating group) is 1. The van der Waals surface area contributed by atoms with Gasteiger partial charge < -0.3 is 10.6 Å². The van der Waals surface area contributed by atoms with Gasteiger partial charge in [0.25, 0.3) is 0 Å². The molecular weight excluding hydrogens is 242 g/mol. The van der Waals surface area contributed by atoms with E-state index in [9.17, 15) is 0 Å². The summed E-state index contributed by atoms with van der Waals surface area (Å²) in [4.78, 5) is 7.82. The second-order valence-corrected chi connectivity index (χ2v) is 6.93. The zero-order valence-corrected chi connectivity index (χ0v) is 12.5. The third-order valence-electron chi connectivity index (χ3n) is 4.63. The summed E-state index contributed by atoms with van der Waals surface area (Å²) in [7, 11) is 4.37. The van der Waals surface area contributed by atoms with Gasteiger partial charge in [-0.15, -0.1) is 11.3 Å². The van der Waals surface area contributed by atoms with Gasteiger partial charge in [0.15, 0.2) is 0 Å². The molecule has 1 aliphatic carbocycles. The van der Waals surface area contributed by atoms with Crippen molar-refractivity contribution < 1.29 is 0 Å². The predicted molar refractivity (Wildman–Crippen MR) is 77.8 cm³/mol. The van der Waals surface area contributed by atoms with Crippen LogP contribution in [-0.2, 0) is 6.42 Å². The minimum absolute atomic E-state index is 0.177. The molecule has 18 heavy (non-hydrogen) atoms. The number of hydrogen-bond donors (Lipinski definition) is 1. The molecule has 0 bridgehead atoms. The van der Waals surface area contributed by atoms with Crippen molar-refractivity contribution in [1.29, 1.82) is 0 Å². The summed E-state index contributed by atoms with van der Waals surface area (Å²) in [6.07, 6.45) is 7.96. The van der Waals surface area contributed by atoms with E-state index in [4.69, 9.17) is 5.73 Å². The number of aromatic nitrogens is 1. The third kappa shape index (κ3) is 2.76. The van der Waals surface area contributed by atoms with Crippen molar-refractivity contribution in [2.45, 2.75) is 50.6 Å². The molecule has 4 heteroatoms. The first-order valence-electron chi connectivity index (χ1n) is 6.85. The lowest BCUT2D eigenvalue weighted by Gasteiger charge is -2.48. The number of thiazole rings is 1. The molecule has 1 aromatic rings. The summed E-state index contributed by atoms with van der Waals surface area (Å²) in [6.45, 7) is 2.36. The first-order chi connectivity index (χ1) is 8.54. The summed E-state index contributed by atoms with van der Waals surface area (Å²) in [5.41, 5.74) is 8.63. The van der Waals surface area contributed by atoms with Gasteiger partial charge in [-0.25, -0.2) is 0 Å². The Morgan fingerprint density at radius 3 is 2.67 bits per heavy atom. The maximum Gasteiger partial charge on any atom is 0.0794 e. The van der Waals surface area contributed by atoms with Gasteiger partial charge in [0.1, 0.15) is 0 Å². The Hall–Kier alpha value is -0.450. The molecule has 3 nitrogen and oxygen atoms in total. The molecule has 0 aliphatic heterocycles. The fourth-order valence-electron chi connectivity index (χ4n) is 3.16. The van der Waals surface area contributed by atoms with Crippen LogP contribution in [0.2, 0.25) is 0 Å². The van der Waals surface area contributed by atoms with E-state index in [1.165, 1.54) is 30.6 Å². The molecule has 0 spiro atoms. The molecule has 0 amide bonds. The predicted octanol–water partition coefficient (Wildman–Crippen LogP) is 2.52. The Labute approximate surface area is 114 Å². The van der Waals surface area contributed by atoms with Crippen LogP contribution < -0.4 is 5.73 Å². The Morgan fingerprint density at radius 2 is 2.17 bits per heavy atom. The molecule has 0 radical (unpaired) electrons. The molecule has 1 fully saturated rings. The van der Waals surface area contributed by atoms with Crippen LogP contribution in [0, 0.1) is 5.92 Å². The van der Waals surface area contributed by atoms with Crippen molar-refractivity contribution in [3.05, 3.63) is 16.6 Å². The van der Waals surface area contributed by atoms with Crippen LogP contribution in [0.3, 0.4) is 0 Å². The minimum Gasteiger partial charge on any atom is -0.326 e. The van der Waals surface area contributed by atoms with Crippen molar-refractivity contribution in [2.24, 2.45) is 11.7 Å². The summed E-state index contributed by atoms with van der Waals surface area (Å²) >= 11 is 1.72. The average Bonchev–Trinajstić information content (AvgIpc) is 2.82. The lowest BCUT2D eigenvalue weighted by Crippen LogP contribution is -2.59. The Kier molecular flexibility index (Phi) is 4.41. The number of nitrogens with zero attached hydrogens (tertiary/aromatic N) is 2. The van der Waals surface area contributed by atoms with Gasteiger partial charge in [-0.1, -0.05) is 6.92 Å². The van der Waals surface area contributed by atoms with E-state index in [-0.39, 0.29) is 11.6 Å². The summed E-state index contributed by atoms with van der Waals surface area (Å²) in [5, 5.41) is 0. The van der Waals surface area contributed by atoms with Gasteiger partial charge in [0.2, 0.25) is 0 Å². The molecule has 1 saturated carbocycles. The molecule has 102 valence electrons. The van der Waals surface area contributed by atoms with E-state index in [1.54, 1.807) is 11.3 Å². The molecule has 0 saturated heterocycles. The molecule has 1 atom stereocenters. The molecular formula is C14H25N3S. The van der Waals surface area contributed by atoms with Crippen LogP contribution in [0.5, 0.6) is 0 Å². The van der Waals surface area contributed by atoms with E-state index in [1.807, 2.05) is 11.7 Å². The first-order valence-corrected chi connectivity index (χ1v) is 7.73. The van der Waals surface area contributed by atoms with Crippen molar-refractivity contribution in [1.82, 2.24) is 9.88 Å². The second-order valence-electron chi connectivity index (χ2n) is 5.96. The van der Waals surface area contributed by atoms with E-state index < -0.39 is 0 Å². The van der Waals surface area contributed by atoms with Crippen LogP contribution in [0.15, 0.2) is 11.7 Å². The third-order valence-corrected chi connectivity index (χ3v) is 5.43. The molecule has 0 aromatic carbocycles. The Morgan fingerprint density at radius 1 is 1.50 bits per heavy atom. The van der Waals surface area contributed by atoms with Crippen LogP contribution in [0.4, 0.5) is 0 Å². The minimum atomic E-state index is 0.177. The zero-order valence-electron chi connectivity index (χ0n) is 11.7. The first kappa shape index (κ1) is 14.0. The number of nitrogens with two attached hydrogens (primary N) is 1. The molecule has 1 aromatic heterocycles. The SMILES string of the molecule is CC1CCC(C(N)Cc2cncs2)(N(C)C)CC1. The summed E-state index contributed by atoms with van der Waals surface area (Å²) in [6, 6.07) is 0.209. The molecule has 1 unspecified atom stereocenters. The van der Waals surface area contributed by atoms with Gasteiger partial charge in [0, 0.05) is 29.1 Å². The molecule has 2 N–H and O–H groups in total. The number of rotatable bonds is 4. The van der Waals surface area contributed by atoms with Crippen molar-refractivity contribution in [2.75, 3.05) is 14.1 Å². The maximum atomic E-state index is 6.56. The van der Waals surface area contributed by atoms with Crippen LogP contribution in [0.1, 0.15) is 37.5 Å². The van der Waals surface area contributed by atoms with Gasteiger partial charge in [-0.3, -0.25) is 4.98 Å². The summed E-state index contributed by atoms with van der Waals surface area (Å²) in [5.74, 6) is 0.855.